The Balaban J connectivity index is 2.93. The number of hydrogen-bond donors (Lipinski definition) is 1. The third-order valence-corrected chi connectivity index (χ3v) is 2.48. The quantitative estimate of drug-likeness (QED) is 0.772. The van der Waals surface area contributed by atoms with Gasteiger partial charge >= 0.3 is 0 Å². The molecule has 0 spiro atoms. The minimum absolute atomic E-state index is 0.630. The smallest absolute Gasteiger partial charge is 0.108 e. The molecule has 0 radical (unpaired) electrons. The van der Waals surface area contributed by atoms with Gasteiger partial charge in [-0.25, -0.2) is 0 Å². The SMILES string of the molecule is CCOC(=CC(C)(O)c1ccccc1)CC. The largest absolute Gasteiger partial charge is 0.498 e. The second kappa shape index (κ2) is 5.71. The van der Waals surface area contributed by atoms with Crippen molar-refractivity contribution in [1.29, 1.82) is 0 Å². The Kier molecular flexibility index (Phi) is 4.56. The standard InChI is InChI=1S/C14H20O2/c1-4-13(16-5-2)11-14(3,15)12-9-7-6-8-10-12/h6-11,15H,4-5H2,1-3H3. The van der Waals surface area contributed by atoms with Gasteiger partial charge in [-0.05, 0) is 25.5 Å². The van der Waals surface area contributed by atoms with E-state index in [1.807, 2.05) is 44.2 Å². The summed E-state index contributed by atoms with van der Waals surface area (Å²) in [4.78, 5) is 0. The van der Waals surface area contributed by atoms with Crippen molar-refractivity contribution < 1.29 is 9.84 Å². The monoisotopic (exact) mass is 220 g/mol. The molecular weight excluding hydrogens is 200 g/mol. The fourth-order valence-electron chi connectivity index (χ4n) is 1.60. The highest BCUT2D eigenvalue weighted by Gasteiger charge is 2.20. The molecule has 0 heterocycles. The maximum Gasteiger partial charge on any atom is 0.108 e. The molecule has 0 amide bonds. The topological polar surface area (TPSA) is 29.5 Å². The Morgan fingerprint density at radius 2 is 1.94 bits per heavy atom. The van der Waals surface area contributed by atoms with E-state index in [4.69, 9.17) is 4.74 Å². The molecule has 2 heteroatoms. The first-order chi connectivity index (χ1) is 7.60. The molecule has 1 atom stereocenters. The number of rotatable bonds is 5. The Hall–Kier alpha value is -1.28. The van der Waals surface area contributed by atoms with Crippen molar-refractivity contribution in [2.75, 3.05) is 6.61 Å². The summed E-state index contributed by atoms with van der Waals surface area (Å²) >= 11 is 0. The molecule has 0 aromatic heterocycles. The van der Waals surface area contributed by atoms with Crippen molar-refractivity contribution in [2.45, 2.75) is 32.8 Å². The zero-order chi connectivity index (χ0) is 12.0. The van der Waals surface area contributed by atoms with E-state index >= 15 is 0 Å². The molecule has 16 heavy (non-hydrogen) atoms. The van der Waals surface area contributed by atoms with Crippen LogP contribution in [0.4, 0.5) is 0 Å². The summed E-state index contributed by atoms with van der Waals surface area (Å²) in [6.07, 6.45) is 2.57. The van der Waals surface area contributed by atoms with Gasteiger partial charge in [0.1, 0.15) is 5.60 Å². The Labute approximate surface area is 97.6 Å². The second-order valence-electron chi connectivity index (χ2n) is 3.91. The van der Waals surface area contributed by atoms with Crippen LogP contribution < -0.4 is 0 Å². The van der Waals surface area contributed by atoms with Crippen molar-refractivity contribution in [3.05, 3.63) is 47.7 Å². The molecule has 0 aliphatic rings. The average Bonchev–Trinajstić information content (AvgIpc) is 2.29. The van der Waals surface area contributed by atoms with E-state index in [2.05, 4.69) is 0 Å². The Morgan fingerprint density at radius 1 is 1.31 bits per heavy atom. The molecule has 1 aromatic carbocycles. The minimum atomic E-state index is -0.970. The van der Waals surface area contributed by atoms with E-state index in [1.54, 1.807) is 13.0 Å². The van der Waals surface area contributed by atoms with Crippen LogP contribution in [0.1, 0.15) is 32.8 Å². The molecule has 0 bridgehead atoms. The molecule has 0 aliphatic heterocycles. The van der Waals surface area contributed by atoms with E-state index in [9.17, 15) is 5.11 Å². The number of ether oxygens (including phenoxy) is 1. The normalized spacial score (nSPS) is 15.6. The number of benzene rings is 1. The number of hydrogen-bond acceptors (Lipinski definition) is 2. The lowest BCUT2D eigenvalue weighted by molar-refractivity contribution is 0.101. The summed E-state index contributed by atoms with van der Waals surface area (Å²) in [6.45, 7) is 6.37. The van der Waals surface area contributed by atoms with Crippen LogP contribution in [0.3, 0.4) is 0 Å². The highest BCUT2D eigenvalue weighted by molar-refractivity contribution is 5.26. The van der Waals surface area contributed by atoms with E-state index < -0.39 is 5.60 Å². The molecule has 88 valence electrons. The molecule has 0 aliphatic carbocycles. The Morgan fingerprint density at radius 3 is 2.44 bits per heavy atom. The van der Waals surface area contributed by atoms with E-state index in [1.165, 1.54) is 0 Å². The van der Waals surface area contributed by atoms with Gasteiger partial charge in [0.15, 0.2) is 0 Å². The molecule has 0 fully saturated rings. The van der Waals surface area contributed by atoms with Gasteiger partial charge in [0.2, 0.25) is 0 Å². The Bertz CT molecular complexity index is 339. The molecule has 1 N–H and O–H groups in total. The van der Waals surface area contributed by atoms with Crippen LogP contribution in [0.25, 0.3) is 0 Å². The van der Waals surface area contributed by atoms with Gasteiger partial charge in [-0.3, -0.25) is 0 Å². The molecule has 0 saturated carbocycles. The molecule has 1 unspecified atom stereocenters. The molecule has 1 rings (SSSR count). The minimum Gasteiger partial charge on any atom is -0.498 e. The van der Waals surface area contributed by atoms with Crippen molar-refractivity contribution in [3.8, 4) is 0 Å². The van der Waals surface area contributed by atoms with Gasteiger partial charge in [0.05, 0.1) is 12.4 Å². The lowest BCUT2D eigenvalue weighted by Gasteiger charge is -2.21. The van der Waals surface area contributed by atoms with Crippen LogP contribution in [-0.2, 0) is 10.3 Å². The first kappa shape index (κ1) is 12.8. The molecular formula is C14H20O2. The maximum absolute atomic E-state index is 10.4. The first-order valence-corrected chi connectivity index (χ1v) is 5.72. The summed E-state index contributed by atoms with van der Waals surface area (Å²) < 4.78 is 5.45. The number of allylic oxidation sites excluding steroid dienone is 1. The fraction of sp³-hybridized carbons (Fsp3) is 0.429. The maximum atomic E-state index is 10.4. The van der Waals surface area contributed by atoms with Gasteiger partial charge < -0.3 is 9.84 Å². The van der Waals surface area contributed by atoms with Crippen LogP contribution in [-0.4, -0.2) is 11.7 Å². The van der Waals surface area contributed by atoms with Crippen molar-refractivity contribution >= 4 is 0 Å². The van der Waals surface area contributed by atoms with Gasteiger partial charge in [-0.2, -0.15) is 0 Å². The van der Waals surface area contributed by atoms with Crippen LogP contribution in [0, 0.1) is 0 Å². The molecule has 1 aromatic rings. The van der Waals surface area contributed by atoms with Gasteiger partial charge in [0.25, 0.3) is 0 Å². The highest BCUT2D eigenvalue weighted by atomic mass is 16.5. The molecule has 0 saturated heterocycles. The second-order valence-corrected chi connectivity index (χ2v) is 3.91. The van der Waals surface area contributed by atoms with E-state index in [0.29, 0.717) is 6.61 Å². The average molecular weight is 220 g/mol. The third kappa shape index (κ3) is 3.38. The summed E-state index contributed by atoms with van der Waals surface area (Å²) in [5.41, 5.74) is -0.0949. The van der Waals surface area contributed by atoms with Crippen LogP contribution in [0.2, 0.25) is 0 Å². The zero-order valence-electron chi connectivity index (χ0n) is 10.2. The third-order valence-electron chi connectivity index (χ3n) is 2.48. The number of aliphatic hydroxyl groups is 1. The van der Waals surface area contributed by atoms with Crippen molar-refractivity contribution in [3.63, 3.8) is 0 Å². The van der Waals surface area contributed by atoms with Gasteiger partial charge in [-0.15, -0.1) is 0 Å². The lowest BCUT2D eigenvalue weighted by atomic mass is 9.95. The van der Waals surface area contributed by atoms with E-state index in [0.717, 1.165) is 17.7 Å². The van der Waals surface area contributed by atoms with Crippen molar-refractivity contribution in [1.82, 2.24) is 0 Å². The summed E-state index contributed by atoms with van der Waals surface area (Å²) in [5, 5.41) is 10.4. The van der Waals surface area contributed by atoms with Crippen molar-refractivity contribution in [2.24, 2.45) is 0 Å². The van der Waals surface area contributed by atoms with Gasteiger partial charge in [0, 0.05) is 6.42 Å². The highest BCUT2D eigenvalue weighted by Crippen LogP contribution is 2.24. The fourth-order valence-corrected chi connectivity index (χ4v) is 1.60. The predicted molar refractivity (Wildman–Crippen MR) is 66.0 cm³/mol. The zero-order valence-corrected chi connectivity index (χ0v) is 10.2. The first-order valence-electron chi connectivity index (χ1n) is 5.72. The van der Waals surface area contributed by atoms with Gasteiger partial charge in [-0.1, -0.05) is 37.3 Å². The molecule has 2 nitrogen and oxygen atoms in total. The van der Waals surface area contributed by atoms with E-state index in [-0.39, 0.29) is 0 Å². The van der Waals surface area contributed by atoms with Crippen LogP contribution >= 0.6 is 0 Å². The summed E-state index contributed by atoms with van der Waals surface area (Å²) in [7, 11) is 0. The van der Waals surface area contributed by atoms with Crippen LogP contribution in [0.5, 0.6) is 0 Å². The summed E-state index contributed by atoms with van der Waals surface area (Å²) in [6, 6.07) is 9.60. The predicted octanol–water partition coefficient (Wildman–Crippen LogP) is 3.22. The van der Waals surface area contributed by atoms with Crippen LogP contribution in [0.15, 0.2) is 42.2 Å². The summed E-state index contributed by atoms with van der Waals surface area (Å²) in [5.74, 6) is 0.830. The lowest BCUT2D eigenvalue weighted by Crippen LogP contribution is -2.19.